The standard InChI is InChI=1S/C13H13N5O/c1-9-6-11-13(19)17(4-5-18(11)16-9)8-10-2-3-12(14)15-7-10/h2-7H,8H2,1H3,(H2,14,15). The first-order valence-corrected chi connectivity index (χ1v) is 5.89. The molecular weight excluding hydrogens is 242 g/mol. The molecular formula is C13H13N5O. The summed E-state index contributed by atoms with van der Waals surface area (Å²) in [6, 6.07) is 5.36. The topological polar surface area (TPSA) is 78.2 Å². The van der Waals surface area contributed by atoms with Crippen LogP contribution in [0.1, 0.15) is 11.3 Å². The van der Waals surface area contributed by atoms with Crippen LogP contribution in [0.25, 0.3) is 5.52 Å². The Morgan fingerprint density at radius 1 is 1.32 bits per heavy atom. The lowest BCUT2D eigenvalue weighted by molar-refractivity contribution is 0.739. The Balaban J connectivity index is 2.03. The molecule has 0 amide bonds. The predicted molar refractivity (Wildman–Crippen MR) is 71.9 cm³/mol. The van der Waals surface area contributed by atoms with Crippen molar-refractivity contribution in [1.82, 2.24) is 19.2 Å². The minimum absolute atomic E-state index is 0.0695. The first-order valence-electron chi connectivity index (χ1n) is 5.89. The van der Waals surface area contributed by atoms with Crippen molar-refractivity contribution in [2.75, 3.05) is 5.73 Å². The molecule has 0 spiro atoms. The molecule has 3 aromatic rings. The number of aryl methyl sites for hydroxylation is 1. The summed E-state index contributed by atoms with van der Waals surface area (Å²) in [5.41, 5.74) is 7.79. The van der Waals surface area contributed by atoms with Crippen LogP contribution < -0.4 is 11.3 Å². The quantitative estimate of drug-likeness (QED) is 0.735. The van der Waals surface area contributed by atoms with Crippen molar-refractivity contribution in [1.29, 1.82) is 0 Å². The van der Waals surface area contributed by atoms with Crippen molar-refractivity contribution in [3.63, 3.8) is 0 Å². The second kappa shape index (κ2) is 4.24. The number of nitrogens with two attached hydrogens (primary N) is 1. The van der Waals surface area contributed by atoms with Crippen molar-refractivity contribution in [2.45, 2.75) is 13.5 Å². The highest BCUT2D eigenvalue weighted by Crippen LogP contribution is 2.04. The zero-order valence-electron chi connectivity index (χ0n) is 10.4. The van der Waals surface area contributed by atoms with E-state index in [1.165, 1.54) is 0 Å². The van der Waals surface area contributed by atoms with Crippen molar-refractivity contribution >= 4 is 11.3 Å². The van der Waals surface area contributed by atoms with Gasteiger partial charge in [-0.1, -0.05) is 6.07 Å². The van der Waals surface area contributed by atoms with Gasteiger partial charge in [-0.15, -0.1) is 0 Å². The van der Waals surface area contributed by atoms with Gasteiger partial charge in [0, 0.05) is 18.6 Å². The molecule has 6 nitrogen and oxygen atoms in total. The lowest BCUT2D eigenvalue weighted by atomic mass is 10.3. The molecule has 0 aliphatic carbocycles. The second-order valence-electron chi connectivity index (χ2n) is 4.44. The Morgan fingerprint density at radius 3 is 2.89 bits per heavy atom. The first-order chi connectivity index (χ1) is 9.13. The minimum atomic E-state index is -0.0695. The maximum atomic E-state index is 12.3. The van der Waals surface area contributed by atoms with Gasteiger partial charge in [-0.2, -0.15) is 5.10 Å². The molecule has 0 aliphatic rings. The fourth-order valence-corrected chi connectivity index (χ4v) is 2.00. The summed E-state index contributed by atoms with van der Waals surface area (Å²) in [6.45, 7) is 2.33. The van der Waals surface area contributed by atoms with Crippen LogP contribution in [-0.2, 0) is 6.54 Å². The Morgan fingerprint density at radius 2 is 2.16 bits per heavy atom. The Labute approximate surface area is 109 Å². The smallest absolute Gasteiger partial charge is 0.276 e. The van der Waals surface area contributed by atoms with Gasteiger partial charge in [0.1, 0.15) is 11.3 Å². The zero-order chi connectivity index (χ0) is 13.4. The van der Waals surface area contributed by atoms with E-state index in [4.69, 9.17) is 5.73 Å². The molecule has 0 aromatic carbocycles. The fraction of sp³-hybridized carbons (Fsp3) is 0.154. The summed E-state index contributed by atoms with van der Waals surface area (Å²) in [5.74, 6) is 0.470. The average Bonchev–Trinajstić information content (AvgIpc) is 2.77. The van der Waals surface area contributed by atoms with E-state index in [-0.39, 0.29) is 5.56 Å². The molecule has 0 fully saturated rings. The highest BCUT2D eigenvalue weighted by molar-refractivity contribution is 5.45. The maximum Gasteiger partial charge on any atom is 0.276 e. The summed E-state index contributed by atoms with van der Waals surface area (Å²) >= 11 is 0. The lowest BCUT2D eigenvalue weighted by Gasteiger charge is -2.06. The molecule has 3 aromatic heterocycles. The molecule has 0 saturated heterocycles. The van der Waals surface area contributed by atoms with Crippen LogP contribution in [0.5, 0.6) is 0 Å². The van der Waals surface area contributed by atoms with Gasteiger partial charge in [0.2, 0.25) is 0 Å². The van der Waals surface area contributed by atoms with E-state index < -0.39 is 0 Å². The third kappa shape index (κ3) is 2.08. The Kier molecular flexibility index (Phi) is 2.56. The van der Waals surface area contributed by atoms with Gasteiger partial charge >= 0.3 is 0 Å². The zero-order valence-corrected chi connectivity index (χ0v) is 10.4. The molecule has 0 atom stereocenters. The van der Waals surface area contributed by atoms with Crippen LogP contribution in [0, 0.1) is 6.92 Å². The van der Waals surface area contributed by atoms with Gasteiger partial charge in [0.15, 0.2) is 0 Å². The summed E-state index contributed by atoms with van der Waals surface area (Å²) in [6.07, 6.45) is 5.17. The molecule has 96 valence electrons. The number of hydrogen-bond acceptors (Lipinski definition) is 4. The molecule has 2 N–H and O–H groups in total. The van der Waals surface area contributed by atoms with Gasteiger partial charge in [0.25, 0.3) is 5.56 Å². The highest BCUT2D eigenvalue weighted by atomic mass is 16.1. The van der Waals surface area contributed by atoms with Crippen molar-refractivity contribution in [3.8, 4) is 0 Å². The van der Waals surface area contributed by atoms with Crippen molar-refractivity contribution < 1.29 is 0 Å². The number of aromatic nitrogens is 4. The largest absolute Gasteiger partial charge is 0.384 e. The van der Waals surface area contributed by atoms with E-state index in [2.05, 4.69) is 10.1 Å². The van der Waals surface area contributed by atoms with Gasteiger partial charge < -0.3 is 10.3 Å². The summed E-state index contributed by atoms with van der Waals surface area (Å²) in [5, 5.41) is 4.21. The maximum absolute atomic E-state index is 12.3. The van der Waals surface area contributed by atoms with Gasteiger partial charge in [-0.3, -0.25) is 4.79 Å². The highest BCUT2D eigenvalue weighted by Gasteiger charge is 2.05. The normalized spacial score (nSPS) is 11.0. The number of pyridine rings is 1. The van der Waals surface area contributed by atoms with Crippen LogP contribution >= 0.6 is 0 Å². The van der Waals surface area contributed by atoms with Crippen LogP contribution in [0.15, 0.2) is 41.6 Å². The number of rotatable bonds is 2. The summed E-state index contributed by atoms with van der Waals surface area (Å²) in [4.78, 5) is 16.3. The third-order valence-electron chi connectivity index (χ3n) is 2.93. The van der Waals surface area contributed by atoms with E-state index in [1.807, 2.05) is 13.0 Å². The third-order valence-corrected chi connectivity index (χ3v) is 2.93. The number of hydrogen-bond donors (Lipinski definition) is 1. The van der Waals surface area contributed by atoms with E-state index >= 15 is 0 Å². The van der Waals surface area contributed by atoms with E-state index in [1.54, 1.807) is 39.8 Å². The Bertz CT molecular complexity index is 785. The van der Waals surface area contributed by atoms with E-state index in [0.29, 0.717) is 17.9 Å². The Hall–Kier alpha value is -2.63. The van der Waals surface area contributed by atoms with Crippen LogP contribution in [0.4, 0.5) is 5.82 Å². The molecule has 0 aliphatic heterocycles. The van der Waals surface area contributed by atoms with Crippen LogP contribution in [0.2, 0.25) is 0 Å². The fourth-order valence-electron chi connectivity index (χ4n) is 2.00. The minimum Gasteiger partial charge on any atom is -0.384 e. The number of nitrogen functional groups attached to an aromatic ring is 1. The molecule has 0 bridgehead atoms. The summed E-state index contributed by atoms with van der Waals surface area (Å²) in [7, 11) is 0. The molecule has 19 heavy (non-hydrogen) atoms. The SMILES string of the molecule is Cc1cc2c(=O)n(Cc3ccc(N)nc3)ccn2n1. The monoisotopic (exact) mass is 255 g/mol. The first kappa shape index (κ1) is 11.5. The lowest BCUT2D eigenvalue weighted by Crippen LogP contribution is -2.21. The molecule has 0 saturated carbocycles. The van der Waals surface area contributed by atoms with E-state index in [0.717, 1.165) is 11.3 Å². The van der Waals surface area contributed by atoms with Crippen LogP contribution in [0.3, 0.4) is 0 Å². The molecule has 3 rings (SSSR count). The number of nitrogens with zero attached hydrogens (tertiary/aromatic N) is 4. The van der Waals surface area contributed by atoms with Crippen LogP contribution in [-0.4, -0.2) is 19.2 Å². The molecule has 6 heteroatoms. The molecule has 3 heterocycles. The molecule has 0 radical (unpaired) electrons. The van der Waals surface area contributed by atoms with Gasteiger partial charge in [-0.05, 0) is 24.6 Å². The average molecular weight is 255 g/mol. The summed E-state index contributed by atoms with van der Waals surface area (Å²) < 4.78 is 3.22. The second-order valence-corrected chi connectivity index (χ2v) is 4.44. The van der Waals surface area contributed by atoms with Gasteiger partial charge in [0.05, 0.1) is 12.2 Å². The van der Waals surface area contributed by atoms with Gasteiger partial charge in [-0.25, -0.2) is 9.50 Å². The van der Waals surface area contributed by atoms with Crippen molar-refractivity contribution in [2.24, 2.45) is 0 Å². The van der Waals surface area contributed by atoms with E-state index in [9.17, 15) is 4.79 Å². The predicted octanol–water partition coefficient (Wildman–Crippen LogP) is 0.830. The number of anilines is 1. The van der Waals surface area contributed by atoms with Crippen molar-refractivity contribution in [3.05, 3.63) is 58.4 Å². The molecule has 0 unspecified atom stereocenters. The number of fused-ring (bicyclic) bond motifs is 1.